The Bertz CT molecular complexity index is 605. The van der Waals surface area contributed by atoms with Crippen LogP contribution in [0.1, 0.15) is 44.2 Å². The van der Waals surface area contributed by atoms with Crippen LogP contribution < -0.4 is 5.32 Å². The Morgan fingerprint density at radius 2 is 2.05 bits per heavy atom. The molecule has 3 rings (SSSR count). The van der Waals surface area contributed by atoms with Crippen molar-refractivity contribution in [2.75, 3.05) is 13.7 Å². The van der Waals surface area contributed by atoms with Crippen molar-refractivity contribution >= 4 is 10.9 Å². The molecule has 0 saturated heterocycles. The average Bonchev–Trinajstić information content (AvgIpc) is 2.97. The van der Waals surface area contributed by atoms with Crippen LogP contribution in [0.15, 0.2) is 36.5 Å². The van der Waals surface area contributed by atoms with E-state index >= 15 is 0 Å². The second-order valence-electron chi connectivity index (χ2n) is 5.89. The van der Waals surface area contributed by atoms with E-state index in [-0.39, 0.29) is 11.6 Å². The Morgan fingerprint density at radius 1 is 1.29 bits per heavy atom. The molecule has 0 spiro atoms. The quantitative estimate of drug-likeness (QED) is 0.905. The summed E-state index contributed by atoms with van der Waals surface area (Å²) in [5.74, 6) is 0. The fourth-order valence-electron chi connectivity index (χ4n) is 3.76. The van der Waals surface area contributed by atoms with E-state index in [4.69, 9.17) is 4.74 Å². The highest BCUT2D eigenvalue weighted by Gasteiger charge is 2.42. The maximum atomic E-state index is 6.22. The largest absolute Gasteiger partial charge is 0.373 e. The number of ether oxygens (including phenoxy) is 1. The molecule has 1 fully saturated rings. The zero-order valence-electron chi connectivity index (χ0n) is 12.9. The number of fused-ring (bicyclic) bond motifs is 1. The maximum Gasteiger partial charge on any atom is 0.0876 e. The highest BCUT2D eigenvalue weighted by molar-refractivity contribution is 5.78. The van der Waals surface area contributed by atoms with Gasteiger partial charge in [0.1, 0.15) is 0 Å². The molecule has 3 heteroatoms. The molecule has 0 radical (unpaired) electrons. The van der Waals surface area contributed by atoms with E-state index in [1.54, 1.807) is 0 Å². The number of likely N-dealkylation sites (N-methyl/N-ethyl adjacent to an activating group) is 1. The van der Waals surface area contributed by atoms with Crippen LogP contribution in [0.25, 0.3) is 10.9 Å². The molecule has 0 aliphatic heterocycles. The minimum absolute atomic E-state index is 0.0758. The van der Waals surface area contributed by atoms with Gasteiger partial charge in [-0.2, -0.15) is 0 Å². The van der Waals surface area contributed by atoms with Crippen molar-refractivity contribution in [2.24, 2.45) is 0 Å². The molecule has 1 atom stereocenters. The van der Waals surface area contributed by atoms with Crippen LogP contribution in [0.5, 0.6) is 0 Å². The molecule has 1 saturated carbocycles. The van der Waals surface area contributed by atoms with Gasteiger partial charge in [-0.15, -0.1) is 0 Å². The number of nitrogens with zero attached hydrogens (tertiary/aromatic N) is 1. The average molecular weight is 284 g/mol. The molecule has 1 aromatic heterocycles. The van der Waals surface area contributed by atoms with E-state index in [0.717, 1.165) is 25.0 Å². The molecule has 112 valence electrons. The third kappa shape index (κ3) is 2.68. The van der Waals surface area contributed by atoms with Crippen LogP contribution in [0, 0.1) is 0 Å². The van der Waals surface area contributed by atoms with E-state index in [1.165, 1.54) is 23.8 Å². The lowest BCUT2D eigenvalue weighted by Crippen LogP contribution is -2.43. The van der Waals surface area contributed by atoms with Crippen LogP contribution in [0.3, 0.4) is 0 Å². The minimum atomic E-state index is -0.0758. The molecule has 1 heterocycles. The Kier molecular flexibility index (Phi) is 4.22. The van der Waals surface area contributed by atoms with Crippen molar-refractivity contribution in [3.8, 4) is 0 Å². The van der Waals surface area contributed by atoms with Crippen molar-refractivity contribution in [3.05, 3.63) is 42.1 Å². The third-order valence-corrected chi connectivity index (χ3v) is 4.64. The molecular weight excluding hydrogens is 260 g/mol. The summed E-state index contributed by atoms with van der Waals surface area (Å²) < 4.78 is 6.22. The molecule has 2 aromatic rings. The summed E-state index contributed by atoms with van der Waals surface area (Å²) in [6, 6.07) is 10.7. The summed E-state index contributed by atoms with van der Waals surface area (Å²) in [4.78, 5) is 4.62. The van der Waals surface area contributed by atoms with Gasteiger partial charge in [-0.25, -0.2) is 0 Å². The Labute approximate surface area is 126 Å². The lowest BCUT2D eigenvalue weighted by molar-refractivity contribution is -0.0610. The molecule has 1 aromatic carbocycles. The summed E-state index contributed by atoms with van der Waals surface area (Å²) in [6.45, 7) is 2.85. The van der Waals surface area contributed by atoms with Crippen LogP contribution in [0.2, 0.25) is 0 Å². The van der Waals surface area contributed by atoms with Gasteiger partial charge in [0.05, 0.1) is 17.2 Å². The normalized spacial score (nSPS) is 19.0. The molecule has 1 unspecified atom stereocenters. The van der Waals surface area contributed by atoms with Gasteiger partial charge in [-0.3, -0.25) is 4.98 Å². The lowest BCUT2D eigenvalue weighted by atomic mass is 9.87. The van der Waals surface area contributed by atoms with Gasteiger partial charge in [0, 0.05) is 18.2 Å². The number of rotatable bonds is 5. The smallest absolute Gasteiger partial charge is 0.0876 e. The zero-order chi connectivity index (χ0) is 14.7. The summed E-state index contributed by atoms with van der Waals surface area (Å²) in [7, 11) is 2.03. The van der Waals surface area contributed by atoms with E-state index in [1.807, 2.05) is 19.3 Å². The van der Waals surface area contributed by atoms with Gasteiger partial charge < -0.3 is 10.1 Å². The molecule has 1 aliphatic carbocycles. The maximum absolute atomic E-state index is 6.22. The van der Waals surface area contributed by atoms with Gasteiger partial charge in [0.2, 0.25) is 0 Å². The second kappa shape index (κ2) is 6.12. The second-order valence-corrected chi connectivity index (χ2v) is 5.89. The zero-order valence-corrected chi connectivity index (χ0v) is 12.9. The fraction of sp³-hybridized carbons (Fsp3) is 0.500. The predicted molar refractivity (Wildman–Crippen MR) is 86.4 cm³/mol. The monoisotopic (exact) mass is 284 g/mol. The van der Waals surface area contributed by atoms with Crippen molar-refractivity contribution in [1.82, 2.24) is 10.3 Å². The topological polar surface area (TPSA) is 34.1 Å². The Morgan fingerprint density at radius 3 is 2.76 bits per heavy atom. The highest BCUT2D eigenvalue weighted by Crippen LogP contribution is 2.43. The van der Waals surface area contributed by atoms with Gasteiger partial charge >= 0.3 is 0 Å². The van der Waals surface area contributed by atoms with Crippen LogP contribution in [-0.2, 0) is 4.74 Å². The van der Waals surface area contributed by atoms with E-state index in [9.17, 15) is 0 Å². The summed E-state index contributed by atoms with van der Waals surface area (Å²) in [5.41, 5.74) is 2.20. The molecule has 1 aliphatic rings. The lowest BCUT2D eigenvalue weighted by Gasteiger charge is -2.37. The summed E-state index contributed by atoms with van der Waals surface area (Å²) >= 11 is 0. The number of hydrogen-bond acceptors (Lipinski definition) is 3. The molecule has 0 amide bonds. The van der Waals surface area contributed by atoms with Gasteiger partial charge in [0.15, 0.2) is 0 Å². The fourth-order valence-corrected chi connectivity index (χ4v) is 3.76. The van der Waals surface area contributed by atoms with Crippen LogP contribution in [-0.4, -0.2) is 24.2 Å². The summed E-state index contributed by atoms with van der Waals surface area (Å²) in [6.07, 6.45) is 6.75. The highest BCUT2D eigenvalue weighted by atomic mass is 16.5. The van der Waals surface area contributed by atoms with E-state index in [0.29, 0.717) is 0 Å². The minimum Gasteiger partial charge on any atom is -0.373 e. The molecule has 21 heavy (non-hydrogen) atoms. The molecular formula is C18H24N2O. The Balaban J connectivity index is 2.00. The van der Waals surface area contributed by atoms with E-state index < -0.39 is 0 Å². The van der Waals surface area contributed by atoms with Crippen molar-refractivity contribution < 1.29 is 4.74 Å². The van der Waals surface area contributed by atoms with Crippen LogP contribution >= 0.6 is 0 Å². The Hall–Kier alpha value is -1.45. The third-order valence-electron chi connectivity index (χ3n) is 4.64. The van der Waals surface area contributed by atoms with Crippen LogP contribution in [0.4, 0.5) is 0 Å². The van der Waals surface area contributed by atoms with Gasteiger partial charge in [-0.1, -0.05) is 31.0 Å². The summed E-state index contributed by atoms with van der Waals surface area (Å²) in [5, 5.41) is 4.68. The standard InChI is InChI=1S/C18H24N2O/c1-3-21-18(10-6-7-11-18)17(19-2)15-12-14-8-4-5-9-16(14)20-13-15/h4-5,8-9,12-13,17,19H,3,6-7,10-11H2,1-2H3. The number of pyridine rings is 1. The van der Waals surface area contributed by atoms with Gasteiger partial charge in [0.25, 0.3) is 0 Å². The van der Waals surface area contributed by atoms with E-state index in [2.05, 4.69) is 41.5 Å². The molecule has 3 nitrogen and oxygen atoms in total. The number of hydrogen-bond donors (Lipinski definition) is 1. The van der Waals surface area contributed by atoms with Crippen molar-refractivity contribution in [1.29, 1.82) is 0 Å². The van der Waals surface area contributed by atoms with Crippen molar-refractivity contribution in [3.63, 3.8) is 0 Å². The number of aromatic nitrogens is 1. The number of para-hydroxylation sites is 1. The predicted octanol–water partition coefficient (Wildman–Crippen LogP) is 3.84. The SMILES string of the molecule is CCOC1(C(NC)c2cnc3ccccc3c2)CCCC1. The number of nitrogens with one attached hydrogen (secondary N) is 1. The first kappa shape index (κ1) is 14.5. The first-order chi connectivity index (χ1) is 10.3. The molecule has 1 N–H and O–H groups in total. The van der Waals surface area contributed by atoms with Gasteiger partial charge in [-0.05, 0) is 44.5 Å². The van der Waals surface area contributed by atoms with Crippen molar-refractivity contribution in [2.45, 2.75) is 44.2 Å². The first-order valence-corrected chi connectivity index (χ1v) is 7.95. The molecule has 0 bridgehead atoms. The number of benzene rings is 1. The first-order valence-electron chi connectivity index (χ1n) is 7.95.